The van der Waals surface area contributed by atoms with Gasteiger partial charge in [0, 0.05) is 22.9 Å². The summed E-state index contributed by atoms with van der Waals surface area (Å²) in [5, 5.41) is 1.87. The first-order chi connectivity index (χ1) is 7.58. The largest absolute Gasteiger partial charge is 0.369 e. The fourth-order valence-corrected chi connectivity index (χ4v) is 3.15. The maximum atomic E-state index is 12.0. The highest BCUT2D eigenvalue weighted by Gasteiger charge is 2.30. The van der Waals surface area contributed by atoms with Gasteiger partial charge in [-0.3, -0.25) is 9.59 Å². The summed E-state index contributed by atoms with van der Waals surface area (Å²) in [5.41, 5.74) is 5.22. The van der Waals surface area contributed by atoms with Crippen molar-refractivity contribution in [1.29, 1.82) is 0 Å². The van der Waals surface area contributed by atoms with E-state index >= 15 is 0 Å². The van der Waals surface area contributed by atoms with Gasteiger partial charge in [0.05, 0.1) is 10.8 Å². The van der Waals surface area contributed by atoms with E-state index < -0.39 is 0 Å². The minimum Gasteiger partial charge on any atom is -0.369 e. The monoisotopic (exact) mass is 302 g/mol. The molecule has 1 aliphatic rings. The second kappa shape index (κ2) is 4.55. The Hall–Kier alpha value is -0.880. The van der Waals surface area contributed by atoms with Crippen molar-refractivity contribution in [3.8, 4) is 0 Å². The molecule has 6 heteroatoms. The molecule has 0 spiro atoms. The number of primary amides is 1. The van der Waals surface area contributed by atoms with Gasteiger partial charge in [0.1, 0.15) is 0 Å². The van der Waals surface area contributed by atoms with E-state index in [-0.39, 0.29) is 17.7 Å². The Kier molecular flexibility index (Phi) is 3.30. The third-order valence-electron chi connectivity index (χ3n) is 2.66. The van der Waals surface area contributed by atoms with Crippen LogP contribution >= 0.6 is 27.3 Å². The average molecular weight is 303 g/mol. The van der Waals surface area contributed by atoms with E-state index in [0.717, 1.165) is 4.47 Å². The summed E-state index contributed by atoms with van der Waals surface area (Å²) < 4.78 is 0.909. The SMILES string of the molecule is NC(=O)[C@H]1CCN(C(=O)c2cc(Br)cs2)C1. The molecular formula is C10H11BrN2O2S. The van der Waals surface area contributed by atoms with Gasteiger partial charge in [-0.1, -0.05) is 0 Å². The fourth-order valence-electron chi connectivity index (χ4n) is 1.76. The molecule has 1 atom stereocenters. The number of hydrogen-bond acceptors (Lipinski definition) is 3. The zero-order valence-corrected chi connectivity index (χ0v) is 10.9. The van der Waals surface area contributed by atoms with Gasteiger partial charge in [0.2, 0.25) is 5.91 Å². The predicted molar refractivity (Wildman–Crippen MR) is 65.2 cm³/mol. The Labute approximate surface area is 106 Å². The fraction of sp³-hybridized carbons (Fsp3) is 0.400. The average Bonchev–Trinajstić information content (AvgIpc) is 2.84. The van der Waals surface area contributed by atoms with Crippen LogP contribution < -0.4 is 5.73 Å². The van der Waals surface area contributed by atoms with Crippen LogP contribution in [-0.4, -0.2) is 29.8 Å². The van der Waals surface area contributed by atoms with Crippen LogP contribution in [0.2, 0.25) is 0 Å². The molecule has 1 saturated heterocycles. The van der Waals surface area contributed by atoms with Gasteiger partial charge in [-0.2, -0.15) is 0 Å². The van der Waals surface area contributed by atoms with Crippen LogP contribution in [0.25, 0.3) is 0 Å². The standard InChI is InChI=1S/C10H11BrN2O2S/c11-7-3-8(16-5-7)10(15)13-2-1-6(4-13)9(12)14/h3,5-6H,1-2,4H2,(H2,12,14)/t6-/m0/s1. The lowest BCUT2D eigenvalue weighted by Gasteiger charge is -2.14. The normalized spacial score (nSPS) is 20.1. The minimum absolute atomic E-state index is 0.0144. The number of rotatable bonds is 2. The van der Waals surface area contributed by atoms with Crippen molar-refractivity contribution in [2.24, 2.45) is 11.7 Å². The number of likely N-dealkylation sites (tertiary alicyclic amines) is 1. The van der Waals surface area contributed by atoms with Crippen LogP contribution in [0, 0.1) is 5.92 Å². The van der Waals surface area contributed by atoms with Crippen LogP contribution in [0.5, 0.6) is 0 Å². The van der Waals surface area contributed by atoms with Crippen molar-refractivity contribution in [3.05, 3.63) is 20.8 Å². The summed E-state index contributed by atoms with van der Waals surface area (Å²) in [6, 6.07) is 1.80. The Morgan fingerprint density at radius 3 is 2.81 bits per heavy atom. The van der Waals surface area contributed by atoms with Crippen LogP contribution in [-0.2, 0) is 4.79 Å². The highest BCUT2D eigenvalue weighted by molar-refractivity contribution is 9.10. The molecule has 0 aliphatic carbocycles. The van der Waals surface area contributed by atoms with Gasteiger partial charge in [-0.15, -0.1) is 11.3 Å². The van der Waals surface area contributed by atoms with E-state index in [9.17, 15) is 9.59 Å². The molecule has 2 N–H and O–H groups in total. The Morgan fingerprint density at radius 1 is 1.56 bits per heavy atom. The van der Waals surface area contributed by atoms with Gasteiger partial charge >= 0.3 is 0 Å². The molecule has 1 aromatic heterocycles. The van der Waals surface area contributed by atoms with Crippen molar-refractivity contribution in [1.82, 2.24) is 4.90 Å². The van der Waals surface area contributed by atoms with E-state index in [1.807, 2.05) is 5.38 Å². The van der Waals surface area contributed by atoms with Crippen LogP contribution in [0.4, 0.5) is 0 Å². The number of nitrogens with zero attached hydrogens (tertiary/aromatic N) is 1. The van der Waals surface area contributed by atoms with E-state index in [4.69, 9.17) is 5.73 Å². The second-order valence-electron chi connectivity index (χ2n) is 3.77. The molecule has 2 rings (SSSR count). The van der Waals surface area contributed by atoms with Gasteiger partial charge in [-0.25, -0.2) is 0 Å². The van der Waals surface area contributed by atoms with E-state index in [2.05, 4.69) is 15.9 Å². The number of carbonyl (C=O) groups excluding carboxylic acids is 2. The molecule has 2 heterocycles. The molecule has 1 aliphatic heterocycles. The van der Waals surface area contributed by atoms with Crippen molar-refractivity contribution in [2.75, 3.05) is 13.1 Å². The molecule has 0 bridgehead atoms. The summed E-state index contributed by atoms with van der Waals surface area (Å²) in [5.74, 6) is -0.519. The van der Waals surface area contributed by atoms with Gasteiger partial charge < -0.3 is 10.6 Å². The van der Waals surface area contributed by atoms with E-state index in [0.29, 0.717) is 24.4 Å². The summed E-state index contributed by atoms with van der Waals surface area (Å²) >= 11 is 4.71. The number of thiophene rings is 1. The first-order valence-corrected chi connectivity index (χ1v) is 6.58. The van der Waals surface area contributed by atoms with Crippen LogP contribution in [0.15, 0.2) is 15.9 Å². The molecular weight excluding hydrogens is 292 g/mol. The molecule has 4 nitrogen and oxygen atoms in total. The number of amides is 2. The molecule has 16 heavy (non-hydrogen) atoms. The first kappa shape index (κ1) is 11.6. The minimum atomic E-state index is -0.317. The van der Waals surface area contributed by atoms with Crippen LogP contribution in [0.1, 0.15) is 16.1 Å². The van der Waals surface area contributed by atoms with Gasteiger partial charge in [0.15, 0.2) is 0 Å². The number of nitrogens with two attached hydrogens (primary N) is 1. The summed E-state index contributed by atoms with van der Waals surface area (Å²) in [6.45, 7) is 1.06. The van der Waals surface area contributed by atoms with Gasteiger partial charge in [-0.05, 0) is 28.4 Å². The molecule has 1 aromatic rings. The van der Waals surface area contributed by atoms with Gasteiger partial charge in [0.25, 0.3) is 5.91 Å². The van der Waals surface area contributed by atoms with E-state index in [1.54, 1.807) is 11.0 Å². The molecule has 0 unspecified atom stereocenters. The first-order valence-electron chi connectivity index (χ1n) is 4.90. The van der Waals surface area contributed by atoms with E-state index in [1.165, 1.54) is 11.3 Å². The van der Waals surface area contributed by atoms with Crippen LogP contribution in [0.3, 0.4) is 0 Å². The van der Waals surface area contributed by atoms with Crippen molar-refractivity contribution in [3.63, 3.8) is 0 Å². The van der Waals surface area contributed by atoms with Crippen molar-refractivity contribution >= 4 is 39.1 Å². The highest BCUT2D eigenvalue weighted by Crippen LogP contribution is 2.24. The maximum Gasteiger partial charge on any atom is 0.263 e. The lowest BCUT2D eigenvalue weighted by atomic mass is 10.1. The molecule has 1 fully saturated rings. The number of hydrogen-bond donors (Lipinski definition) is 1. The maximum absolute atomic E-state index is 12.0. The lowest BCUT2D eigenvalue weighted by Crippen LogP contribution is -2.31. The number of carbonyl (C=O) groups is 2. The topological polar surface area (TPSA) is 63.4 Å². The summed E-state index contributed by atoms with van der Waals surface area (Å²) in [4.78, 5) is 25.4. The summed E-state index contributed by atoms with van der Waals surface area (Å²) in [7, 11) is 0. The Morgan fingerprint density at radius 2 is 2.31 bits per heavy atom. The smallest absolute Gasteiger partial charge is 0.263 e. The third kappa shape index (κ3) is 2.27. The Bertz CT molecular complexity index is 432. The highest BCUT2D eigenvalue weighted by atomic mass is 79.9. The van der Waals surface area contributed by atoms with Crippen molar-refractivity contribution in [2.45, 2.75) is 6.42 Å². The molecule has 86 valence electrons. The zero-order chi connectivity index (χ0) is 11.7. The molecule has 0 saturated carbocycles. The molecule has 2 amide bonds. The zero-order valence-electron chi connectivity index (χ0n) is 8.48. The molecule has 0 radical (unpaired) electrons. The molecule has 0 aromatic carbocycles. The Balaban J connectivity index is 2.05. The lowest BCUT2D eigenvalue weighted by molar-refractivity contribution is -0.121. The quantitative estimate of drug-likeness (QED) is 0.899. The second-order valence-corrected chi connectivity index (χ2v) is 5.60. The summed E-state index contributed by atoms with van der Waals surface area (Å²) in [6.07, 6.45) is 0.674. The third-order valence-corrected chi connectivity index (χ3v) is 4.34. The predicted octanol–water partition coefficient (Wildman–Crippen LogP) is 1.46. The number of halogens is 1. The van der Waals surface area contributed by atoms with Crippen molar-refractivity contribution < 1.29 is 9.59 Å².